The fourth-order valence-electron chi connectivity index (χ4n) is 5.26. The quantitative estimate of drug-likeness (QED) is 0.771. The lowest BCUT2D eigenvalue weighted by molar-refractivity contribution is 0.102. The Morgan fingerprint density at radius 3 is 2.78 bits per heavy atom. The minimum Gasteiger partial charge on any atom is -0.324 e. The molecular formula is C25H31N5O2. The molecule has 0 aliphatic carbocycles. The zero-order valence-corrected chi connectivity index (χ0v) is 18.5. The van der Waals surface area contributed by atoms with E-state index in [1.165, 1.54) is 45.3 Å². The normalized spacial score (nSPS) is 21.0. The lowest BCUT2D eigenvalue weighted by Gasteiger charge is -2.36. The van der Waals surface area contributed by atoms with E-state index in [0.717, 1.165) is 25.9 Å². The standard InChI is InChI=1S/C25H31N5O2/c31-24-20-10-1-2-12-22(20)30(23-21(27-24)11-5-13-26-23)25(32)29-17-7-9-19(18-29)8-6-16-28-14-3-4-15-28/h1-2,5,10-13,19H,3-4,6-9,14-18H2,(H,27,31). The van der Waals surface area contributed by atoms with E-state index in [1.54, 1.807) is 29.3 Å². The van der Waals surface area contributed by atoms with Crippen molar-refractivity contribution < 1.29 is 9.59 Å². The molecule has 1 atom stereocenters. The Balaban J connectivity index is 1.35. The van der Waals surface area contributed by atoms with Crippen LogP contribution in [0, 0.1) is 5.92 Å². The molecular weight excluding hydrogens is 402 g/mol. The number of hydrogen-bond donors (Lipinski definition) is 1. The molecule has 1 aromatic heterocycles. The van der Waals surface area contributed by atoms with Crippen molar-refractivity contribution in [3.63, 3.8) is 0 Å². The van der Waals surface area contributed by atoms with Crippen molar-refractivity contribution in [3.05, 3.63) is 48.2 Å². The molecule has 3 aliphatic heterocycles. The lowest BCUT2D eigenvalue weighted by Crippen LogP contribution is -2.46. The van der Waals surface area contributed by atoms with Crippen molar-refractivity contribution in [1.82, 2.24) is 14.8 Å². The van der Waals surface area contributed by atoms with Crippen LogP contribution in [0.3, 0.4) is 0 Å². The van der Waals surface area contributed by atoms with Crippen molar-refractivity contribution in [2.24, 2.45) is 5.92 Å². The maximum atomic E-state index is 13.8. The molecule has 32 heavy (non-hydrogen) atoms. The van der Waals surface area contributed by atoms with Gasteiger partial charge in [0.15, 0.2) is 5.82 Å². The van der Waals surface area contributed by atoms with Crippen LogP contribution in [0.2, 0.25) is 0 Å². The van der Waals surface area contributed by atoms with Gasteiger partial charge in [0.2, 0.25) is 0 Å². The van der Waals surface area contributed by atoms with Crippen LogP contribution in [-0.2, 0) is 0 Å². The molecule has 7 nitrogen and oxygen atoms in total. The highest BCUT2D eigenvalue weighted by atomic mass is 16.2. The SMILES string of the molecule is O=C1Nc2cccnc2N(C(=O)N2CCCC(CCCN3CCCC3)C2)c2ccccc21. The molecule has 7 heteroatoms. The number of aromatic nitrogens is 1. The smallest absolute Gasteiger partial charge is 0.324 e. The van der Waals surface area contributed by atoms with Crippen LogP contribution < -0.4 is 10.2 Å². The summed E-state index contributed by atoms with van der Waals surface area (Å²) in [7, 11) is 0. The molecule has 0 bridgehead atoms. The third-order valence-electron chi connectivity index (χ3n) is 6.90. The van der Waals surface area contributed by atoms with Crippen molar-refractivity contribution in [2.45, 2.75) is 38.5 Å². The maximum absolute atomic E-state index is 13.8. The average Bonchev–Trinajstić information content (AvgIpc) is 3.30. The minimum atomic E-state index is -0.219. The number of nitrogens with one attached hydrogen (secondary N) is 1. The second-order valence-corrected chi connectivity index (χ2v) is 9.11. The lowest BCUT2D eigenvalue weighted by atomic mass is 9.93. The molecule has 3 aliphatic rings. The highest BCUT2D eigenvalue weighted by molar-refractivity contribution is 6.16. The number of benzene rings is 1. The molecule has 168 valence electrons. The van der Waals surface area contributed by atoms with Crippen molar-refractivity contribution in [2.75, 3.05) is 42.9 Å². The summed E-state index contributed by atoms with van der Waals surface area (Å²) in [6, 6.07) is 10.7. The Kier molecular flexibility index (Phi) is 6.08. The van der Waals surface area contributed by atoms with Gasteiger partial charge >= 0.3 is 6.03 Å². The molecule has 2 saturated heterocycles. The van der Waals surface area contributed by atoms with Crippen LogP contribution in [0.15, 0.2) is 42.6 Å². The van der Waals surface area contributed by atoms with Crippen LogP contribution >= 0.6 is 0 Å². The molecule has 1 aromatic carbocycles. The first-order valence-electron chi connectivity index (χ1n) is 11.9. The summed E-state index contributed by atoms with van der Waals surface area (Å²) >= 11 is 0. The van der Waals surface area contributed by atoms with Crippen LogP contribution in [0.4, 0.5) is 22.0 Å². The molecule has 0 spiro atoms. The Morgan fingerprint density at radius 1 is 1.06 bits per heavy atom. The topological polar surface area (TPSA) is 68.8 Å². The van der Waals surface area contributed by atoms with Crippen LogP contribution in [-0.4, -0.2) is 59.4 Å². The van der Waals surface area contributed by atoms with Gasteiger partial charge in [-0.3, -0.25) is 4.79 Å². The summed E-state index contributed by atoms with van der Waals surface area (Å²) in [6.07, 6.45) is 8.87. The second-order valence-electron chi connectivity index (χ2n) is 9.11. The molecule has 3 amide bonds. The predicted molar refractivity (Wildman–Crippen MR) is 125 cm³/mol. The van der Waals surface area contributed by atoms with E-state index < -0.39 is 0 Å². The van der Waals surface area contributed by atoms with E-state index in [0.29, 0.717) is 28.7 Å². The molecule has 1 N–H and O–H groups in total. The van der Waals surface area contributed by atoms with Gasteiger partial charge in [-0.2, -0.15) is 0 Å². The number of carbonyl (C=O) groups is 2. The number of nitrogens with zero attached hydrogens (tertiary/aromatic N) is 4. The molecule has 4 heterocycles. The summed E-state index contributed by atoms with van der Waals surface area (Å²) in [5.74, 6) is 0.788. The third-order valence-corrected chi connectivity index (χ3v) is 6.90. The van der Waals surface area contributed by atoms with Crippen molar-refractivity contribution >= 4 is 29.1 Å². The van der Waals surface area contributed by atoms with E-state index in [9.17, 15) is 9.59 Å². The highest BCUT2D eigenvalue weighted by Crippen LogP contribution is 2.37. The largest absolute Gasteiger partial charge is 0.330 e. The van der Waals surface area contributed by atoms with Gasteiger partial charge in [-0.25, -0.2) is 14.7 Å². The number of rotatable bonds is 4. The molecule has 0 saturated carbocycles. The maximum Gasteiger partial charge on any atom is 0.330 e. The second kappa shape index (κ2) is 9.28. The van der Waals surface area contributed by atoms with Crippen LogP contribution in [0.25, 0.3) is 0 Å². The van der Waals surface area contributed by atoms with Gasteiger partial charge in [0.1, 0.15) is 0 Å². The van der Waals surface area contributed by atoms with Gasteiger partial charge in [-0.1, -0.05) is 12.1 Å². The van der Waals surface area contributed by atoms with Gasteiger partial charge < -0.3 is 15.1 Å². The number of para-hydroxylation sites is 1. The predicted octanol–water partition coefficient (Wildman–Crippen LogP) is 4.49. The number of urea groups is 1. The van der Waals surface area contributed by atoms with E-state index >= 15 is 0 Å². The van der Waals surface area contributed by atoms with E-state index in [1.807, 2.05) is 23.1 Å². The molecule has 2 aromatic rings. The fourth-order valence-corrected chi connectivity index (χ4v) is 5.26. The van der Waals surface area contributed by atoms with Crippen molar-refractivity contribution in [1.29, 1.82) is 0 Å². The number of likely N-dealkylation sites (tertiary alicyclic amines) is 2. The number of amides is 3. The zero-order valence-electron chi connectivity index (χ0n) is 18.5. The minimum absolute atomic E-state index is 0.0989. The first-order valence-corrected chi connectivity index (χ1v) is 11.9. The highest BCUT2D eigenvalue weighted by Gasteiger charge is 2.34. The van der Waals surface area contributed by atoms with Crippen LogP contribution in [0.1, 0.15) is 48.9 Å². The number of carbonyl (C=O) groups excluding carboxylic acids is 2. The number of pyridine rings is 1. The van der Waals surface area contributed by atoms with E-state index in [2.05, 4.69) is 15.2 Å². The Bertz CT molecular complexity index is 988. The third kappa shape index (κ3) is 4.21. The molecule has 5 rings (SSSR count). The van der Waals surface area contributed by atoms with Gasteiger partial charge in [-0.15, -0.1) is 0 Å². The van der Waals surface area contributed by atoms with E-state index in [4.69, 9.17) is 0 Å². The Morgan fingerprint density at radius 2 is 1.91 bits per heavy atom. The Labute approximate surface area is 189 Å². The monoisotopic (exact) mass is 433 g/mol. The first-order chi connectivity index (χ1) is 15.7. The summed E-state index contributed by atoms with van der Waals surface area (Å²) < 4.78 is 0. The average molecular weight is 434 g/mol. The first kappa shape index (κ1) is 20.9. The van der Waals surface area contributed by atoms with Gasteiger partial charge in [0.05, 0.1) is 16.9 Å². The van der Waals surface area contributed by atoms with Gasteiger partial charge in [0, 0.05) is 19.3 Å². The van der Waals surface area contributed by atoms with Crippen LogP contribution in [0.5, 0.6) is 0 Å². The number of fused-ring (bicyclic) bond motifs is 2. The van der Waals surface area contributed by atoms with E-state index in [-0.39, 0.29) is 11.9 Å². The Hall–Kier alpha value is -2.93. The number of hydrogen-bond acceptors (Lipinski definition) is 4. The summed E-state index contributed by atoms with van der Waals surface area (Å²) in [5.41, 5.74) is 1.63. The van der Waals surface area contributed by atoms with Crippen molar-refractivity contribution in [3.8, 4) is 0 Å². The summed E-state index contributed by atoms with van der Waals surface area (Å²) in [4.78, 5) is 37.2. The summed E-state index contributed by atoms with van der Waals surface area (Å²) in [5, 5.41) is 2.91. The number of anilines is 3. The molecule has 0 radical (unpaired) electrons. The molecule has 2 fully saturated rings. The molecule has 1 unspecified atom stereocenters. The zero-order chi connectivity index (χ0) is 21.9. The fraction of sp³-hybridized carbons (Fsp3) is 0.480. The summed E-state index contributed by atoms with van der Waals surface area (Å²) in [6.45, 7) is 5.16. The van der Waals surface area contributed by atoms with Gasteiger partial charge in [-0.05, 0) is 88.3 Å². The number of piperidine rings is 1. The van der Waals surface area contributed by atoms with Gasteiger partial charge in [0.25, 0.3) is 5.91 Å².